The molecule has 0 bridgehead atoms. The van der Waals surface area contributed by atoms with Crippen molar-refractivity contribution in [2.45, 2.75) is 37.7 Å². The van der Waals surface area contributed by atoms with E-state index in [9.17, 15) is 9.90 Å². The Kier molecular flexibility index (Phi) is 2.68. The van der Waals surface area contributed by atoms with Crippen LogP contribution in [-0.4, -0.2) is 23.8 Å². The maximum absolute atomic E-state index is 12.3. The van der Waals surface area contributed by atoms with Gasteiger partial charge in [-0.2, -0.15) is 0 Å². The Morgan fingerprint density at radius 3 is 2.50 bits per heavy atom. The molecule has 0 heterocycles. The van der Waals surface area contributed by atoms with Gasteiger partial charge in [0.05, 0.1) is 6.61 Å². The van der Waals surface area contributed by atoms with E-state index in [0.717, 1.165) is 30.2 Å². The first kappa shape index (κ1) is 12.4. The van der Waals surface area contributed by atoms with Gasteiger partial charge in [0.15, 0.2) is 0 Å². The zero-order valence-electron chi connectivity index (χ0n) is 11.5. The lowest BCUT2D eigenvalue weighted by Crippen LogP contribution is -2.27. The number of esters is 1. The second-order valence-electron chi connectivity index (χ2n) is 6.71. The maximum Gasteiger partial charge on any atom is 0.316 e. The van der Waals surface area contributed by atoms with Gasteiger partial charge in [-0.05, 0) is 48.5 Å². The highest BCUT2D eigenvalue weighted by atomic mass is 16.5. The minimum Gasteiger partial charge on any atom is -0.462 e. The fraction of sp³-hybridized carbons (Fsp3) is 0.588. The summed E-state index contributed by atoms with van der Waals surface area (Å²) in [5.41, 5.74) is 1.53. The molecule has 1 aromatic rings. The van der Waals surface area contributed by atoms with Crippen molar-refractivity contribution >= 4 is 5.97 Å². The number of carbonyl (C=O) groups is 1. The Labute approximate surface area is 118 Å². The van der Waals surface area contributed by atoms with Crippen molar-refractivity contribution in [2.24, 2.45) is 17.3 Å². The molecular weight excluding hydrogens is 252 g/mol. The van der Waals surface area contributed by atoms with Crippen LogP contribution in [0.5, 0.6) is 0 Å². The Morgan fingerprint density at radius 2 is 1.90 bits per heavy atom. The average Bonchev–Trinajstić information content (AvgIpc) is 3.31. The fourth-order valence-electron chi connectivity index (χ4n) is 4.26. The summed E-state index contributed by atoms with van der Waals surface area (Å²) in [6, 6.07) is 9.42. The minimum absolute atomic E-state index is 0.0772. The van der Waals surface area contributed by atoms with Gasteiger partial charge in [-0.3, -0.25) is 4.79 Å². The lowest BCUT2D eigenvalue weighted by Gasteiger charge is -2.23. The van der Waals surface area contributed by atoms with Gasteiger partial charge in [0.2, 0.25) is 0 Å². The van der Waals surface area contributed by atoms with Gasteiger partial charge in [0.1, 0.15) is 12.0 Å². The van der Waals surface area contributed by atoms with Crippen molar-refractivity contribution in [1.29, 1.82) is 0 Å². The smallest absolute Gasteiger partial charge is 0.316 e. The second kappa shape index (κ2) is 4.32. The standard InChI is InChI=1S/C17H20O3/c18-10-15(11-4-2-1-3-5-11)16(19)20-14-6-12-8-17(12)9-13(17)7-14/h1-5,12-15,18H,6-10H2. The zero-order valence-corrected chi connectivity index (χ0v) is 11.5. The number of aliphatic hydroxyl groups excluding tert-OH is 1. The predicted octanol–water partition coefficient (Wildman–Crippen LogP) is 2.49. The van der Waals surface area contributed by atoms with Crippen LogP contribution in [0, 0.1) is 17.3 Å². The van der Waals surface area contributed by atoms with Gasteiger partial charge in [-0.15, -0.1) is 0 Å². The van der Waals surface area contributed by atoms with Crippen LogP contribution < -0.4 is 0 Å². The number of aliphatic hydroxyl groups is 1. The van der Waals surface area contributed by atoms with Crippen LogP contribution in [0.2, 0.25) is 0 Å². The van der Waals surface area contributed by atoms with E-state index < -0.39 is 5.92 Å². The molecule has 0 aliphatic heterocycles. The summed E-state index contributed by atoms with van der Waals surface area (Å²) in [6.07, 6.45) is 4.86. The molecule has 106 valence electrons. The van der Waals surface area contributed by atoms with Crippen LogP contribution in [0.15, 0.2) is 30.3 Å². The van der Waals surface area contributed by atoms with E-state index >= 15 is 0 Å². The summed E-state index contributed by atoms with van der Waals surface area (Å²) in [5, 5.41) is 9.50. The zero-order chi connectivity index (χ0) is 13.7. The van der Waals surface area contributed by atoms with Crippen LogP contribution >= 0.6 is 0 Å². The third-order valence-electron chi connectivity index (χ3n) is 5.61. The average molecular weight is 272 g/mol. The molecule has 3 unspecified atom stereocenters. The van der Waals surface area contributed by atoms with Crippen molar-refractivity contribution in [3.63, 3.8) is 0 Å². The number of ether oxygens (including phenoxy) is 1. The third kappa shape index (κ3) is 1.87. The Balaban J connectivity index is 1.41. The summed E-state index contributed by atoms with van der Waals surface area (Å²) in [6.45, 7) is -0.188. The highest BCUT2D eigenvalue weighted by Crippen LogP contribution is 2.79. The Morgan fingerprint density at radius 1 is 1.25 bits per heavy atom. The van der Waals surface area contributed by atoms with E-state index in [1.165, 1.54) is 12.8 Å². The highest BCUT2D eigenvalue weighted by Gasteiger charge is 2.72. The minimum atomic E-state index is -0.540. The summed E-state index contributed by atoms with van der Waals surface area (Å²) < 4.78 is 5.69. The molecule has 0 saturated heterocycles. The lowest BCUT2D eigenvalue weighted by atomic mass is 9.96. The molecule has 0 aromatic heterocycles. The molecule has 3 heteroatoms. The maximum atomic E-state index is 12.3. The van der Waals surface area contributed by atoms with Crippen LogP contribution in [0.25, 0.3) is 0 Å². The monoisotopic (exact) mass is 272 g/mol. The predicted molar refractivity (Wildman–Crippen MR) is 74.0 cm³/mol. The van der Waals surface area contributed by atoms with Gasteiger partial charge < -0.3 is 9.84 Å². The number of hydrogen-bond donors (Lipinski definition) is 1. The number of carbonyl (C=O) groups excluding carboxylic acids is 1. The molecule has 3 aliphatic carbocycles. The molecule has 3 aliphatic rings. The van der Waals surface area contributed by atoms with Crippen LogP contribution in [-0.2, 0) is 9.53 Å². The molecule has 1 N–H and O–H groups in total. The van der Waals surface area contributed by atoms with E-state index in [1.807, 2.05) is 30.3 Å². The fourth-order valence-corrected chi connectivity index (χ4v) is 4.26. The van der Waals surface area contributed by atoms with E-state index in [2.05, 4.69) is 0 Å². The third-order valence-corrected chi connectivity index (χ3v) is 5.61. The quantitative estimate of drug-likeness (QED) is 0.857. The number of hydrogen-bond acceptors (Lipinski definition) is 3. The molecule has 3 fully saturated rings. The van der Waals surface area contributed by atoms with E-state index in [1.54, 1.807) is 0 Å². The van der Waals surface area contributed by atoms with Gasteiger partial charge in [0, 0.05) is 0 Å². The highest BCUT2D eigenvalue weighted by molar-refractivity contribution is 5.78. The van der Waals surface area contributed by atoms with Crippen LogP contribution in [0.1, 0.15) is 37.2 Å². The molecule has 3 saturated carbocycles. The van der Waals surface area contributed by atoms with Gasteiger partial charge >= 0.3 is 5.97 Å². The summed E-state index contributed by atoms with van der Waals surface area (Å²) >= 11 is 0. The van der Waals surface area contributed by atoms with Crippen molar-refractivity contribution in [1.82, 2.24) is 0 Å². The van der Waals surface area contributed by atoms with E-state index in [0.29, 0.717) is 5.41 Å². The molecule has 1 aromatic carbocycles. The summed E-state index contributed by atoms with van der Waals surface area (Å²) in [7, 11) is 0. The topological polar surface area (TPSA) is 46.5 Å². The largest absolute Gasteiger partial charge is 0.462 e. The van der Waals surface area contributed by atoms with Crippen molar-refractivity contribution in [3.8, 4) is 0 Å². The first-order chi connectivity index (χ1) is 9.73. The van der Waals surface area contributed by atoms with Crippen molar-refractivity contribution < 1.29 is 14.6 Å². The van der Waals surface area contributed by atoms with Gasteiger partial charge in [-0.25, -0.2) is 0 Å². The van der Waals surface area contributed by atoms with E-state index in [4.69, 9.17) is 4.74 Å². The van der Waals surface area contributed by atoms with Crippen LogP contribution in [0.4, 0.5) is 0 Å². The molecule has 4 rings (SSSR count). The molecule has 0 amide bonds. The summed E-state index contributed by atoms with van der Waals surface area (Å²) in [5.74, 6) is 0.811. The lowest BCUT2D eigenvalue weighted by molar-refractivity contribution is -0.153. The normalized spacial score (nSPS) is 38.4. The molecular formula is C17H20O3. The van der Waals surface area contributed by atoms with Gasteiger partial charge in [0.25, 0.3) is 0 Å². The second-order valence-corrected chi connectivity index (χ2v) is 6.71. The van der Waals surface area contributed by atoms with Crippen molar-refractivity contribution in [3.05, 3.63) is 35.9 Å². The van der Waals surface area contributed by atoms with Crippen LogP contribution in [0.3, 0.4) is 0 Å². The SMILES string of the molecule is O=C(OC1CC2CC23CC3C1)C(CO)c1ccccc1. The molecule has 0 radical (unpaired) electrons. The molecule has 3 atom stereocenters. The van der Waals surface area contributed by atoms with Gasteiger partial charge in [-0.1, -0.05) is 30.3 Å². The van der Waals surface area contributed by atoms with E-state index in [-0.39, 0.29) is 18.7 Å². The Bertz CT molecular complexity index is 506. The first-order valence-corrected chi connectivity index (χ1v) is 7.59. The summed E-state index contributed by atoms with van der Waals surface area (Å²) in [4.78, 5) is 12.3. The number of benzene rings is 1. The number of rotatable bonds is 4. The molecule has 3 nitrogen and oxygen atoms in total. The first-order valence-electron chi connectivity index (χ1n) is 7.59. The Hall–Kier alpha value is -1.35. The molecule has 20 heavy (non-hydrogen) atoms. The molecule has 1 spiro atoms. The van der Waals surface area contributed by atoms with Crippen molar-refractivity contribution in [2.75, 3.05) is 6.61 Å².